The van der Waals surface area contributed by atoms with Gasteiger partial charge in [0, 0.05) is 5.56 Å². The minimum atomic E-state index is -0.310. The fourth-order valence-electron chi connectivity index (χ4n) is 1.89. The average molecular weight is 238 g/mol. The molecule has 0 bridgehead atoms. The highest BCUT2D eigenvalue weighted by molar-refractivity contribution is 5.78. The normalized spacial score (nSPS) is 10.7. The van der Waals surface area contributed by atoms with E-state index in [0.29, 0.717) is 16.6 Å². The van der Waals surface area contributed by atoms with Crippen molar-refractivity contribution in [2.75, 3.05) is 0 Å². The topological polar surface area (TPSA) is 66.0 Å². The minimum Gasteiger partial charge on any atom is -0.507 e. The Balaban J connectivity index is 2.33. The van der Waals surface area contributed by atoms with Gasteiger partial charge in [0.15, 0.2) is 0 Å². The Hall–Kier alpha value is -2.62. The van der Waals surface area contributed by atoms with Crippen LogP contribution in [0.3, 0.4) is 0 Å². The van der Waals surface area contributed by atoms with Crippen LogP contribution in [0.4, 0.5) is 0 Å². The van der Waals surface area contributed by atoms with Gasteiger partial charge in [-0.1, -0.05) is 24.3 Å². The number of benzene rings is 2. The highest BCUT2D eigenvalue weighted by Gasteiger charge is 2.10. The number of rotatable bonds is 1. The van der Waals surface area contributed by atoms with Crippen molar-refractivity contribution in [1.29, 1.82) is 0 Å². The van der Waals surface area contributed by atoms with Crippen molar-refractivity contribution in [3.05, 3.63) is 58.9 Å². The van der Waals surface area contributed by atoms with Gasteiger partial charge in [-0.15, -0.1) is 0 Å². The minimum absolute atomic E-state index is 0.0470. The number of aromatic nitrogens is 2. The lowest BCUT2D eigenvalue weighted by molar-refractivity contribution is 0.477. The molecule has 4 heteroatoms. The summed E-state index contributed by atoms with van der Waals surface area (Å²) >= 11 is 0. The van der Waals surface area contributed by atoms with E-state index in [4.69, 9.17) is 0 Å². The maximum absolute atomic E-state index is 12.0. The van der Waals surface area contributed by atoms with Crippen LogP contribution in [-0.2, 0) is 0 Å². The van der Waals surface area contributed by atoms with Gasteiger partial charge >= 0.3 is 0 Å². The quantitative estimate of drug-likeness (QED) is 0.683. The van der Waals surface area contributed by atoms with E-state index in [9.17, 15) is 9.90 Å². The van der Waals surface area contributed by atoms with Gasteiger partial charge in [0.1, 0.15) is 11.4 Å². The number of H-pyrrole nitrogens is 1. The van der Waals surface area contributed by atoms with Crippen LogP contribution >= 0.6 is 0 Å². The molecule has 0 aliphatic heterocycles. The van der Waals surface area contributed by atoms with Gasteiger partial charge in [-0.3, -0.25) is 4.79 Å². The number of fused-ring (bicyclic) bond motifs is 1. The number of hydrogen-bond donors (Lipinski definition) is 2. The van der Waals surface area contributed by atoms with E-state index in [2.05, 4.69) is 9.97 Å². The number of aromatic hydroxyl groups is 1. The SMILES string of the molecule is O=c1[nH]c2ccccc2nc1-c1ccccc1O. The molecule has 2 N–H and O–H groups in total. The third-order valence-electron chi connectivity index (χ3n) is 2.76. The van der Waals surface area contributed by atoms with Crippen LogP contribution in [0.1, 0.15) is 0 Å². The summed E-state index contributed by atoms with van der Waals surface area (Å²) in [6.45, 7) is 0. The molecule has 2 aromatic carbocycles. The summed E-state index contributed by atoms with van der Waals surface area (Å²) in [5, 5.41) is 9.77. The number of hydrogen-bond acceptors (Lipinski definition) is 3. The molecule has 0 aliphatic rings. The summed E-state index contributed by atoms with van der Waals surface area (Å²) in [6.07, 6.45) is 0. The molecule has 1 heterocycles. The zero-order valence-electron chi connectivity index (χ0n) is 9.42. The van der Waals surface area contributed by atoms with Crippen LogP contribution in [0, 0.1) is 0 Å². The van der Waals surface area contributed by atoms with E-state index < -0.39 is 0 Å². The number of phenolic OH excluding ortho intramolecular Hbond substituents is 1. The number of nitrogens with zero attached hydrogens (tertiary/aromatic N) is 1. The molecule has 0 fully saturated rings. The zero-order chi connectivity index (χ0) is 12.5. The van der Waals surface area contributed by atoms with E-state index in [1.807, 2.05) is 18.2 Å². The van der Waals surface area contributed by atoms with Crippen LogP contribution in [0.5, 0.6) is 5.75 Å². The third-order valence-corrected chi connectivity index (χ3v) is 2.76. The van der Waals surface area contributed by atoms with Crippen LogP contribution in [0.25, 0.3) is 22.3 Å². The fourth-order valence-corrected chi connectivity index (χ4v) is 1.89. The molecule has 4 nitrogen and oxygen atoms in total. The summed E-state index contributed by atoms with van der Waals surface area (Å²) in [7, 11) is 0. The summed E-state index contributed by atoms with van der Waals surface area (Å²) in [6, 6.07) is 13.9. The first-order valence-electron chi connectivity index (χ1n) is 5.53. The van der Waals surface area contributed by atoms with Gasteiger partial charge in [-0.25, -0.2) is 4.98 Å². The van der Waals surface area contributed by atoms with Crippen molar-refractivity contribution in [2.24, 2.45) is 0 Å². The Morgan fingerprint density at radius 3 is 2.56 bits per heavy atom. The molecular formula is C14H10N2O2. The Bertz CT molecular complexity index is 778. The molecule has 3 rings (SSSR count). The molecule has 18 heavy (non-hydrogen) atoms. The highest BCUT2D eigenvalue weighted by Crippen LogP contribution is 2.25. The lowest BCUT2D eigenvalue weighted by atomic mass is 10.1. The van der Waals surface area contributed by atoms with Crippen molar-refractivity contribution in [2.45, 2.75) is 0 Å². The molecule has 0 aliphatic carbocycles. The highest BCUT2D eigenvalue weighted by atomic mass is 16.3. The smallest absolute Gasteiger partial charge is 0.275 e. The monoisotopic (exact) mass is 238 g/mol. The van der Waals surface area contributed by atoms with Gasteiger partial charge in [-0.2, -0.15) is 0 Å². The average Bonchev–Trinajstić information content (AvgIpc) is 2.39. The standard InChI is InChI=1S/C14H10N2O2/c17-12-8-4-1-5-9(12)13-14(18)16-11-7-3-2-6-10(11)15-13/h1-8,17H,(H,16,18). The Labute approximate surface area is 103 Å². The summed E-state index contributed by atoms with van der Waals surface area (Å²) < 4.78 is 0. The van der Waals surface area contributed by atoms with Gasteiger partial charge in [0.05, 0.1) is 11.0 Å². The summed E-state index contributed by atoms with van der Waals surface area (Å²) in [5.74, 6) is 0.0470. The van der Waals surface area contributed by atoms with Gasteiger partial charge in [-0.05, 0) is 24.3 Å². The third kappa shape index (κ3) is 1.64. The first-order chi connectivity index (χ1) is 8.75. The molecule has 0 saturated heterocycles. The maximum atomic E-state index is 12.0. The van der Waals surface area contributed by atoms with E-state index >= 15 is 0 Å². The summed E-state index contributed by atoms with van der Waals surface area (Å²) in [4.78, 5) is 19.0. The molecule has 3 aromatic rings. The van der Waals surface area contributed by atoms with E-state index in [-0.39, 0.29) is 17.0 Å². The van der Waals surface area contributed by atoms with Crippen LogP contribution in [-0.4, -0.2) is 15.1 Å². The molecular weight excluding hydrogens is 228 g/mol. The van der Waals surface area contributed by atoms with Crippen molar-refractivity contribution >= 4 is 11.0 Å². The van der Waals surface area contributed by atoms with Crippen LogP contribution in [0.2, 0.25) is 0 Å². The van der Waals surface area contributed by atoms with Crippen molar-refractivity contribution in [3.8, 4) is 17.0 Å². The van der Waals surface area contributed by atoms with Crippen LogP contribution < -0.4 is 5.56 Å². The second-order valence-electron chi connectivity index (χ2n) is 3.95. The molecule has 0 atom stereocenters. The number of para-hydroxylation sites is 3. The number of aromatic amines is 1. The van der Waals surface area contributed by atoms with Crippen molar-refractivity contribution in [3.63, 3.8) is 0 Å². The molecule has 0 amide bonds. The Morgan fingerprint density at radius 1 is 1.00 bits per heavy atom. The number of nitrogens with one attached hydrogen (secondary N) is 1. The van der Waals surface area contributed by atoms with Crippen molar-refractivity contribution < 1.29 is 5.11 Å². The van der Waals surface area contributed by atoms with Gasteiger partial charge in [0.25, 0.3) is 5.56 Å². The molecule has 0 radical (unpaired) electrons. The van der Waals surface area contributed by atoms with Crippen LogP contribution in [0.15, 0.2) is 53.3 Å². The second kappa shape index (κ2) is 4.00. The molecule has 1 aromatic heterocycles. The molecule has 0 unspecified atom stereocenters. The van der Waals surface area contributed by atoms with Crippen molar-refractivity contribution in [1.82, 2.24) is 9.97 Å². The zero-order valence-corrected chi connectivity index (χ0v) is 9.42. The fraction of sp³-hybridized carbons (Fsp3) is 0. The lowest BCUT2D eigenvalue weighted by Crippen LogP contribution is -2.11. The summed E-state index contributed by atoms with van der Waals surface area (Å²) in [5.41, 5.74) is 1.73. The predicted molar refractivity (Wildman–Crippen MR) is 69.5 cm³/mol. The van der Waals surface area contributed by atoms with E-state index in [1.165, 1.54) is 6.07 Å². The van der Waals surface area contributed by atoms with Gasteiger partial charge in [0.2, 0.25) is 0 Å². The maximum Gasteiger partial charge on any atom is 0.275 e. The first-order valence-corrected chi connectivity index (χ1v) is 5.53. The molecule has 0 saturated carbocycles. The molecule has 0 spiro atoms. The Kier molecular flexibility index (Phi) is 2.34. The van der Waals surface area contributed by atoms with Gasteiger partial charge < -0.3 is 10.1 Å². The Morgan fingerprint density at radius 2 is 1.72 bits per heavy atom. The van der Waals surface area contributed by atoms with E-state index in [0.717, 1.165) is 0 Å². The van der Waals surface area contributed by atoms with E-state index in [1.54, 1.807) is 24.3 Å². The largest absolute Gasteiger partial charge is 0.507 e. The number of phenols is 1. The second-order valence-corrected chi connectivity index (χ2v) is 3.95. The lowest BCUT2D eigenvalue weighted by Gasteiger charge is -2.04. The molecule has 88 valence electrons. The first kappa shape index (κ1) is 10.5. The predicted octanol–water partition coefficient (Wildman–Crippen LogP) is 2.30.